The van der Waals surface area contributed by atoms with Gasteiger partial charge in [0.15, 0.2) is 0 Å². The first-order valence-corrected chi connectivity index (χ1v) is 7.62. The van der Waals surface area contributed by atoms with Gasteiger partial charge in [-0.1, -0.05) is 6.92 Å². The van der Waals surface area contributed by atoms with Crippen molar-refractivity contribution in [3.05, 3.63) is 0 Å². The molecule has 2 rings (SSSR count). The van der Waals surface area contributed by atoms with Gasteiger partial charge in [0.25, 0.3) is 0 Å². The van der Waals surface area contributed by atoms with Crippen LogP contribution in [0.2, 0.25) is 0 Å². The predicted molar refractivity (Wildman–Crippen MR) is 77.4 cm³/mol. The van der Waals surface area contributed by atoms with Gasteiger partial charge in [-0.3, -0.25) is 4.90 Å². The first-order valence-electron chi connectivity index (χ1n) is 7.62. The molecule has 0 unspecified atom stereocenters. The predicted octanol–water partition coefficient (Wildman–Crippen LogP) is 0.770. The number of urea groups is 1. The maximum Gasteiger partial charge on any atom is 0.320 e. The number of nitrogens with zero attached hydrogens (tertiary/aromatic N) is 4. The van der Waals surface area contributed by atoms with E-state index in [1.807, 2.05) is 9.80 Å². The molecule has 2 saturated heterocycles. The van der Waals surface area contributed by atoms with Crippen molar-refractivity contribution in [3.8, 4) is 0 Å². The fourth-order valence-electron chi connectivity index (χ4n) is 2.88. The quantitative estimate of drug-likeness (QED) is 0.741. The van der Waals surface area contributed by atoms with Crippen molar-refractivity contribution in [2.75, 3.05) is 58.9 Å². The van der Waals surface area contributed by atoms with Crippen molar-refractivity contribution in [1.82, 2.24) is 19.6 Å². The number of hydrogen-bond donors (Lipinski definition) is 0. The molecule has 0 aromatic rings. The van der Waals surface area contributed by atoms with Gasteiger partial charge in [-0.25, -0.2) is 4.79 Å². The number of rotatable bonds is 2. The molecule has 0 atom stereocenters. The van der Waals surface area contributed by atoms with Gasteiger partial charge in [0, 0.05) is 58.4 Å². The number of amides is 2. The molecular formula is C14H28N4O. The molecule has 0 aliphatic carbocycles. The van der Waals surface area contributed by atoms with Crippen molar-refractivity contribution < 1.29 is 4.79 Å². The Kier molecular flexibility index (Phi) is 5.05. The highest BCUT2D eigenvalue weighted by molar-refractivity contribution is 5.76. The summed E-state index contributed by atoms with van der Waals surface area (Å²) in [6, 6.07) is 0.787. The van der Waals surface area contributed by atoms with Crippen LogP contribution in [0.5, 0.6) is 0 Å². The van der Waals surface area contributed by atoms with Gasteiger partial charge >= 0.3 is 6.03 Å². The van der Waals surface area contributed by atoms with Crippen LogP contribution in [0.4, 0.5) is 4.79 Å². The molecule has 2 heterocycles. The Morgan fingerprint density at radius 1 is 0.895 bits per heavy atom. The fourth-order valence-corrected chi connectivity index (χ4v) is 2.88. The Hall–Kier alpha value is -0.810. The Bertz CT molecular complexity index is 308. The maximum atomic E-state index is 12.2. The van der Waals surface area contributed by atoms with Gasteiger partial charge in [-0.2, -0.15) is 0 Å². The van der Waals surface area contributed by atoms with Gasteiger partial charge < -0.3 is 14.7 Å². The molecule has 0 radical (unpaired) electrons. The highest BCUT2D eigenvalue weighted by Gasteiger charge is 2.29. The second kappa shape index (κ2) is 6.57. The van der Waals surface area contributed by atoms with Crippen molar-refractivity contribution in [2.24, 2.45) is 0 Å². The molecule has 2 aliphatic heterocycles. The smallest absolute Gasteiger partial charge is 0.320 e. The number of carbonyl (C=O) groups excluding carboxylic acids is 1. The second-order valence-corrected chi connectivity index (χ2v) is 5.82. The van der Waals surface area contributed by atoms with Crippen LogP contribution in [0.1, 0.15) is 20.8 Å². The first-order chi connectivity index (χ1) is 9.11. The summed E-state index contributed by atoms with van der Waals surface area (Å²) in [5.41, 5.74) is 0. The highest BCUT2D eigenvalue weighted by atomic mass is 16.2. The van der Waals surface area contributed by atoms with Crippen LogP contribution < -0.4 is 0 Å². The normalized spacial score (nSPS) is 24.1. The van der Waals surface area contributed by atoms with Crippen LogP contribution in [-0.4, -0.2) is 90.6 Å². The topological polar surface area (TPSA) is 30.0 Å². The minimum atomic E-state index is 0.238. The highest BCUT2D eigenvalue weighted by Crippen LogP contribution is 2.11. The van der Waals surface area contributed by atoms with Crippen LogP contribution in [0.25, 0.3) is 0 Å². The monoisotopic (exact) mass is 268 g/mol. The molecule has 0 spiro atoms. The largest absolute Gasteiger partial charge is 0.322 e. The molecule has 2 fully saturated rings. The minimum absolute atomic E-state index is 0.238. The van der Waals surface area contributed by atoms with Gasteiger partial charge in [-0.15, -0.1) is 0 Å². The van der Waals surface area contributed by atoms with Crippen molar-refractivity contribution in [3.63, 3.8) is 0 Å². The Morgan fingerprint density at radius 2 is 1.37 bits per heavy atom. The van der Waals surface area contributed by atoms with Gasteiger partial charge in [0.05, 0.1) is 0 Å². The van der Waals surface area contributed by atoms with Gasteiger partial charge in [0.1, 0.15) is 0 Å². The lowest BCUT2D eigenvalue weighted by Crippen LogP contribution is -2.42. The van der Waals surface area contributed by atoms with Crippen molar-refractivity contribution >= 4 is 6.03 Å². The fraction of sp³-hybridized carbons (Fsp3) is 0.929. The maximum absolute atomic E-state index is 12.2. The summed E-state index contributed by atoms with van der Waals surface area (Å²) in [7, 11) is 0. The molecular weight excluding hydrogens is 240 g/mol. The Morgan fingerprint density at radius 3 is 1.95 bits per heavy atom. The zero-order valence-corrected chi connectivity index (χ0v) is 12.6. The molecule has 19 heavy (non-hydrogen) atoms. The van der Waals surface area contributed by atoms with Gasteiger partial charge in [0.2, 0.25) is 0 Å². The average Bonchev–Trinajstić information content (AvgIpc) is 2.70. The Balaban J connectivity index is 2.04. The van der Waals surface area contributed by atoms with Crippen molar-refractivity contribution in [1.29, 1.82) is 0 Å². The van der Waals surface area contributed by atoms with Gasteiger partial charge in [-0.05, 0) is 20.4 Å². The minimum Gasteiger partial charge on any atom is -0.322 e. The lowest BCUT2D eigenvalue weighted by atomic mass is 10.3. The van der Waals surface area contributed by atoms with E-state index in [9.17, 15) is 4.79 Å². The molecule has 2 amide bonds. The van der Waals surface area contributed by atoms with Crippen LogP contribution in [0, 0.1) is 0 Å². The van der Waals surface area contributed by atoms with Crippen LogP contribution in [0.3, 0.4) is 0 Å². The van der Waals surface area contributed by atoms with E-state index in [1.165, 1.54) is 0 Å². The molecule has 0 aromatic heterocycles. The molecule has 2 bridgehead atoms. The summed E-state index contributed by atoms with van der Waals surface area (Å²) in [5, 5.41) is 0. The third kappa shape index (κ3) is 3.60. The van der Waals surface area contributed by atoms with E-state index >= 15 is 0 Å². The standard InChI is InChI=1S/C14H28N4O/c1-4-15-5-7-16(13(2)3)9-10-18-12-11-17(8-6-15)14(18)19/h13H,4-12H2,1-3H3. The molecule has 0 aromatic carbocycles. The summed E-state index contributed by atoms with van der Waals surface area (Å²) >= 11 is 0. The SMILES string of the molecule is CCN1CCN2CCN(CCN(C(C)C)CC1)C2=O. The molecule has 110 valence electrons. The van der Waals surface area contributed by atoms with E-state index in [1.54, 1.807) is 0 Å². The Labute approximate surface area is 117 Å². The summed E-state index contributed by atoms with van der Waals surface area (Å²) in [6.07, 6.45) is 0. The van der Waals surface area contributed by atoms with E-state index in [0.717, 1.165) is 58.9 Å². The summed E-state index contributed by atoms with van der Waals surface area (Å²) in [5.74, 6) is 0. The summed E-state index contributed by atoms with van der Waals surface area (Å²) in [6.45, 7) is 15.5. The van der Waals surface area contributed by atoms with E-state index in [4.69, 9.17) is 0 Å². The number of fused-ring (bicyclic) bond motifs is 2. The summed E-state index contributed by atoms with van der Waals surface area (Å²) in [4.78, 5) is 21.2. The first kappa shape index (κ1) is 14.6. The number of likely N-dealkylation sites (N-methyl/N-ethyl adjacent to an activating group) is 1. The zero-order valence-electron chi connectivity index (χ0n) is 12.6. The third-order valence-electron chi connectivity index (χ3n) is 4.41. The zero-order chi connectivity index (χ0) is 13.8. The third-order valence-corrected chi connectivity index (χ3v) is 4.41. The lowest BCUT2D eigenvalue weighted by Gasteiger charge is -2.30. The van der Waals surface area contributed by atoms with E-state index in [-0.39, 0.29) is 6.03 Å². The molecule has 0 saturated carbocycles. The number of hydrogen-bond acceptors (Lipinski definition) is 3. The lowest BCUT2D eigenvalue weighted by molar-refractivity contribution is 0.166. The summed E-state index contributed by atoms with van der Waals surface area (Å²) < 4.78 is 0. The van der Waals surface area contributed by atoms with E-state index < -0.39 is 0 Å². The van der Waals surface area contributed by atoms with E-state index in [0.29, 0.717) is 6.04 Å². The molecule has 5 heteroatoms. The van der Waals surface area contributed by atoms with Crippen LogP contribution >= 0.6 is 0 Å². The van der Waals surface area contributed by atoms with Crippen LogP contribution in [-0.2, 0) is 0 Å². The van der Waals surface area contributed by atoms with E-state index in [2.05, 4.69) is 30.6 Å². The average molecular weight is 268 g/mol. The van der Waals surface area contributed by atoms with Crippen LogP contribution in [0.15, 0.2) is 0 Å². The second-order valence-electron chi connectivity index (χ2n) is 5.82. The molecule has 5 nitrogen and oxygen atoms in total. The van der Waals surface area contributed by atoms with Crippen molar-refractivity contribution in [2.45, 2.75) is 26.8 Å². The molecule has 2 aliphatic rings. The number of carbonyl (C=O) groups is 1. The molecule has 0 N–H and O–H groups in total.